The second-order valence-electron chi connectivity index (χ2n) is 3.41. The van der Waals surface area contributed by atoms with E-state index >= 15 is 0 Å². The van der Waals surface area contributed by atoms with Gasteiger partial charge in [-0.05, 0) is 32.0 Å². The van der Waals surface area contributed by atoms with Gasteiger partial charge in [0.15, 0.2) is 11.6 Å². The molecule has 0 saturated carbocycles. The summed E-state index contributed by atoms with van der Waals surface area (Å²) in [5.41, 5.74) is 0. The molecule has 4 heteroatoms. The van der Waals surface area contributed by atoms with Crippen LogP contribution < -0.4 is 4.74 Å². The van der Waals surface area contributed by atoms with Gasteiger partial charge in [-0.2, -0.15) is 0 Å². The molecule has 1 unspecified atom stereocenters. The largest absolute Gasteiger partial charge is 0.487 e. The predicted octanol–water partition coefficient (Wildman–Crippen LogP) is 3.33. The number of hydrogen-bond acceptors (Lipinski definition) is 2. The Morgan fingerprint density at radius 3 is 2.87 bits per heavy atom. The predicted molar refractivity (Wildman–Crippen MR) is 59.5 cm³/mol. The third-order valence-electron chi connectivity index (χ3n) is 1.80. The van der Waals surface area contributed by atoms with Crippen LogP contribution in [0.25, 0.3) is 0 Å². The van der Waals surface area contributed by atoms with E-state index in [1.807, 2.05) is 0 Å². The molecule has 0 amide bonds. The Balaban J connectivity index is 2.71. The van der Waals surface area contributed by atoms with E-state index in [1.165, 1.54) is 13.0 Å². The Hall–Kier alpha value is -0.900. The van der Waals surface area contributed by atoms with Gasteiger partial charge in [0.05, 0.1) is 0 Å². The number of carbonyl (C=O) groups is 1. The molecule has 0 aliphatic heterocycles. The summed E-state index contributed by atoms with van der Waals surface area (Å²) in [5.74, 6) is -0.232. The number of benzene rings is 1. The molecular weight excluding hydrogens is 263 g/mol. The van der Waals surface area contributed by atoms with E-state index in [0.29, 0.717) is 0 Å². The lowest BCUT2D eigenvalue weighted by Gasteiger charge is -2.13. The summed E-state index contributed by atoms with van der Waals surface area (Å²) in [5, 5.41) is 0. The van der Waals surface area contributed by atoms with Crippen LogP contribution in [-0.2, 0) is 4.79 Å². The summed E-state index contributed by atoms with van der Waals surface area (Å²) in [7, 11) is 0. The smallest absolute Gasteiger partial charge is 0.165 e. The van der Waals surface area contributed by atoms with Gasteiger partial charge >= 0.3 is 0 Å². The highest BCUT2D eigenvalue weighted by Crippen LogP contribution is 2.23. The number of rotatable bonds is 4. The molecule has 0 saturated heterocycles. The van der Waals surface area contributed by atoms with Crippen molar-refractivity contribution in [3.63, 3.8) is 0 Å². The minimum absolute atomic E-state index is 0.0258. The van der Waals surface area contributed by atoms with Gasteiger partial charge in [-0.15, -0.1) is 0 Å². The highest BCUT2D eigenvalue weighted by atomic mass is 79.9. The number of carbonyl (C=O) groups excluding carboxylic acids is 1. The van der Waals surface area contributed by atoms with Gasteiger partial charge in [0.25, 0.3) is 0 Å². The second kappa shape index (κ2) is 5.26. The average Bonchev–Trinajstić information content (AvgIpc) is 2.10. The van der Waals surface area contributed by atoms with Crippen molar-refractivity contribution in [2.24, 2.45) is 0 Å². The summed E-state index contributed by atoms with van der Waals surface area (Å²) < 4.78 is 19.3. The highest BCUT2D eigenvalue weighted by Gasteiger charge is 2.10. The maximum absolute atomic E-state index is 13.2. The Bertz CT molecular complexity index is 366. The van der Waals surface area contributed by atoms with Crippen molar-refractivity contribution in [3.8, 4) is 5.75 Å². The molecule has 82 valence electrons. The van der Waals surface area contributed by atoms with E-state index < -0.39 is 5.82 Å². The maximum Gasteiger partial charge on any atom is 0.165 e. The van der Waals surface area contributed by atoms with Crippen LogP contribution in [0.1, 0.15) is 20.3 Å². The molecular formula is C11H12BrFO2. The van der Waals surface area contributed by atoms with Gasteiger partial charge in [-0.3, -0.25) is 4.79 Å². The van der Waals surface area contributed by atoms with Gasteiger partial charge in [-0.1, -0.05) is 15.9 Å². The molecule has 1 rings (SSSR count). The zero-order chi connectivity index (χ0) is 11.4. The van der Waals surface area contributed by atoms with Gasteiger partial charge in [0, 0.05) is 10.9 Å². The number of hydrogen-bond donors (Lipinski definition) is 0. The fraction of sp³-hybridized carbons (Fsp3) is 0.364. The van der Waals surface area contributed by atoms with Crippen LogP contribution in [0.15, 0.2) is 22.7 Å². The van der Waals surface area contributed by atoms with Crippen LogP contribution in [0, 0.1) is 5.82 Å². The minimum atomic E-state index is -0.423. The van der Waals surface area contributed by atoms with Gasteiger partial charge in [0.2, 0.25) is 0 Å². The van der Waals surface area contributed by atoms with Crippen LogP contribution in [0.4, 0.5) is 4.39 Å². The van der Waals surface area contributed by atoms with Gasteiger partial charge in [0.1, 0.15) is 11.9 Å². The van der Waals surface area contributed by atoms with Crippen molar-refractivity contribution in [2.45, 2.75) is 26.4 Å². The molecule has 1 aromatic rings. The lowest BCUT2D eigenvalue weighted by Crippen LogP contribution is -2.16. The van der Waals surface area contributed by atoms with Crippen molar-refractivity contribution < 1.29 is 13.9 Å². The lowest BCUT2D eigenvalue weighted by molar-refractivity contribution is -0.118. The van der Waals surface area contributed by atoms with E-state index in [0.717, 1.165) is 4.47 Å². The molecule has 0 aliphatic carbocycles. The SMILES string of the molecule is CC(=O)CC(C)Oc1cc(Br)ccc1F. The average molecular weight is 275 g/mol. The third kappa shape index (κ3) is 4.00. The zero-order valence-electron chi connectivity index (χ0n) is 8.59. The molecule has 1 aromatic carbocycles. The summed E-state index contributed by atoms with van der Waals surface area (Å²) in [6, 6.07) is 4.46. The number of ether oxygens (including phenoxy) is 1. The van der Waals surface area contributed by atoms with Crippen molar-refractivity contribution in [1.82, 2.24) is 0 Å². The van der Waals surface area contributed by atoms with Crippen LogP contribution in [-0.4, -0.2) is 11.9 Å². The van der Waals surface area contributed by atoms with E-state index in [9.17, 15) is 9.18 Å². The quantitative estimate of drug-likeness (QED) is 0.842. The standard InChI is InChI=1S/C11H12BrFO2/c1-7(14)5-8(2)15-11-6-9(12)3-4-10(11)13/h3-4,6,8H,5H2,1-2H3. The number of halogens is 2. The topological polar surface area (TPSA) is 26.3 Å². The Morgan fingerprint density at radius 1 is 1.60 bits per heavy atom. The molecule has 0 N–H and O–H groups in total. The summed E-state index contributed by atoms with van der Waals surface area (Å²) >= 11 is 3.22. The van der Waals surface area contributed by atoms with Crippen LogP contribution in [0.3, 0.4) is 0 Å². The molecule has 0 aromatic heterocycles. The van der Waals surface area contributed by atoms with E-state index in [2.05, 4.69) is 15.9 Å². The summed E-state index contributed by atoms with van der Waals surface area (Å²) in [4.78, 5) is 10.8. The Kier molecular flexibility index (Phi) is 4.27. The number of Topliss-reactive ketones (excluding diaryl/α,β-unsaturated/α-hetero) is 1. The van der Waals surface area contributed by atoms with Crippen molar-refractivity contribution >= 4 is 21.7 Å². The van der Waals surface area contributed by atoms with Crippen molar-refractivity contribution in [1.29, 1.82) is 0 Å². The van der Waals surface area contributed by atoms with E-state index in [1.54, 1.807) is 19.1 Å². The van der Waals surface area contributed by atoms with Crippen LogP contribution in [0.2, 0.25) is 0 Å². The first-order valence-corrected chi connectivity index (χ1v) is 5.39. The first-order chi connectivity index (χ1) is 6.99. The monoisotopic (exact) mass is 274 g/mol. The second-order valence-corrected chi connectivity index (χ2v) is 4.33. The van der Waals surface area contributed by atoms with E-state index in [4.69, 9.17) is 4.74 Å². The first-order valence-electron chi connectivity index (χ1n) is 4.60. The molecule has 0 heterocycles. The number of ketones is 1. The van der Waals surface area contributed by atoms with Gasteiger partial charge in [-0.25, -0.2) is 4.39 Å². The summed E-state index contributed by atoms with van der Waals surface area (Å²) in [6.45, 7) is 3.22. The zero-order valence-corrected chi connectivity index (χ0v) is 10.2. The van der Waals surface area contributed by atoms with Crippen LogP contribution >= 0.6 is 15.9 Å². The molecule has 0 spiro atoms. The lowest BCUT2D eigenvalue weighted by atomic mass is 10.2. The summed E-state index contributed by atoms with van der Waals surface area (Å²) in [6.07, 6.45) is -0.0299. The first kappa shape index (κ1) is 12.2. The molecule has 0 bridgehead atoms. The van der Waals surface area contributed by atoms with Crippen molar-refractivity contribution in [2.75, 3.05) is 0 Å². The fourth-order valence-corrected chi connectivity index (χ4v) is 1.57. The molecule has 2 nitrogen and oxygen atoms in total. The molecule has 1 atom stereocenters. The third-order valence-corrected chi connectivity index (χ3v) is 2.29. The molecule has 0 aliphatic rings. The Morgan fingerprint density at radius 2 is 2.27 bits per heavy atom. The maximum atomic E-state index is 13.2. The minimum Gasteiger partial charge on any atom is -0.487 e. The fourth-order valence-electron chi connectivity index (χ4n) is 1.23. The van der Waals surface area contributed by atoms with Gasteiger partial charge < -0.3 is 4.74 Å². The van der Waals surface area contributed by atoms with Crippen molar-refractivity contribution in [3.05, 3.63) is 28.5 Å². The molecule has 0 fully saturated rings. The van der Waals surface area contributed by atoms with E-state index in [-0.39, 0.29) is 24.1 Å². The Labute approximate surface area is 96.6 Å². The molecule has 0 radical (unpaired) electrons. The normalized spacial score (nSPS) is 12.3. The van der Waals surface area contributed by atoms with Crippen LogP contribution in [0.5, 0.6) is 5.75 Å². The molecule has 15 heavy (non-hydrogen) atoms. The highest BCUT2D eigenvalue weighted by molar-refractivity contribution is 9.10.